The first kappa shape index (κ1) is 14.3. The monoisotopic (exact) mass is 324 g/mol. The van der Waals surface area contributed by atoms with Gasteiger partial charge in [-0.2, -0.15) is 5.10 Å². The van der Waals surface area contributed by atoms with Gasteiger partial charge in [0.25, 0.3) is 0 Å². The van der Waals surface area contributed by atoms with Crippen molar-refractivity contribution < 1.29 is 0 Å². The van der Waals surface area contributed by atoms with E-state index >= 15 is 0 Å². The summed E-state index contributed by atoms with van der Waals surface area (Å²) >= 11 is 3.57. The van der Waals surface area contributed by atoms with Crippen LogP contribution in [0, 0.1) is 0 Å². The van der Waals surface area contributed by atoms with Gasteiger partial charge in [-0.05, 0) is 25.8 Å². The quantitative estimate of drug-likeness (QED) is 0.807. The molecule has 5 heteroatoms. The van der Waals surface area contributed by atoms with Crippen molar-refractivity contribution in [2.24, 2.45) is 0 Å². The molecule has 2 aromatic rings. The molecule has 0 spiro atoms. The SMILES string of the molecule is CC(C)c1cc2c(N(C)C(C)(C)CBr)nccn2n1. The van der Waals surface area contributed by atoms with E-state index in [4.69, 9.17) is 0 Å². The smallest absolute Gasteiger partial charge is 0.154 e. The van der Waals surface area contributed by atoms with Gasteiger partial charge >= 0.3 is 0 Å². The molecule has 2 rings (SSSR count). The molecule has 104 valence electrons. The highest BCUT2D eigenvalue weighted by molar-refractivity contribution is 9.09. The Hall–Kier alpha value is -1.10. The van der Waals surface area contributed by atoms with Crippen LogP contribution in [-0.4, -0.2) is 32.5 Å². The molecule has 0 aliphatic rings. The fraction of sp³-hybridized carbons (Fsp3) is 0.571. The van der Waals surface area contributed by atoms with E-state index in [0.29, 0.717) is 5.92 Å². The van der Waals surface area contributed by atoms with Gasteiger partial charge in [-0.15, -0.1) is 0 Å². The molecule has 0 unspecified atom stereocenters. The van der Waals surface area contributed by atoms with E-state index in [1.165, 1.54) is 0 Å². The number of halogens is 1. The van der Waals surface area contributed by atoms with Crippen molar-refractivity contribution in [1.82, 2.24) is 14.6 Å². The van der Waals surface area contributed by atoms with Crippen molar-refractivity contribution in [1.29, 1.82) is 0 Å². The molecule has 0 aliphatic heterocycles. The van der Waals surface area contributed by atoms with Gasteiger partial charge < -0.3 is 4.90 Å². The predicted molar refractivity (Wildman–Crippen MR) is 83.4 cm³/mol. The zero-order chi connectivity index (χ0) is 14.2. The van der Waals surface area contributed by atoms with Crippen molar-refractivity contribution >= 4 is 27.3 Å². The van der Waals surface area contributed by atoms with Crippen molar-refractivity contribution in [3.05, 3.63) is 24.2 Å². The molecule has 0 saturated carbocycles. The van der Waals surface area contributed by atoms with Crippen molar-refractivity contribution in [3.8, 4) is 0 Å². The van der Waals surface area contributed by atoms with E-state index in [2.05, 4.69) is 71.7 Å². The second-order valence-corrected chi connectivity index (χ2v) is 6.37. The summed E-state index contributed by atoms with van der Waals surface area (Å²) in [5.74, 6) is 1.38. The minimum Gasteiger partial charge on any atom is -0.352 e. The van der Waals surface area contributed by atoms with Gasteiger partial charge in [-0.3, -0.25) is 0 Å². The van der Waals surface area contributed by atoms with Gasteiger partial charge in [0.2, 0.25) is 0 Å². The number of aromatic nitrogens is 3. The Labute approximate surface area is 123 Å². The average molecular weight is 325 g/mol. The third kappa shape index (κ3) is 2.61. The summed E-state index contributed by atoms with van der Waals surface area (Å²) in [5, 5.41) is 5.48. The number of alkyl halides is 1. The number of hydrogen-bond donors (Lipinski definition) is 0. The molecule has 0 atom stereocenters. The fourth-order valence-corrected chi connectivity index (χ4v) is 2.22. The van der Waals surface area contributed by atoms with E-state index in [0.717, 1.165) is 22.4 Å². The molecule has 0 N–H and O–H groups in total. The highest BCUT2D eigenvalue weighted by atomic mass is 79.9. The van der Waals surface area contributed by atoms with Crippen molar-refractivity contribution in [3.63, 3.8) is 0 Å². The summed E-state index contributed by atoms with van der Waals surface area (Å²) in [5.41, 5.74) is 2.15. The van der Waals surface area contributed by atoms with Crippen LogP contribution >= 0.6 is 15.9 Å². The first-order chi connectivity index (χ1) is 8.86. The molecule has 0 bridgehead atoms. The molecule has 0 amide bonds. The van der Waals surface area contributed by atoms with Crippen LogP contribution in [0.25, 0.3) is 5.52 Å². The summed E-state index contributed by atoms with van der Waals surface area (Å²) in [6, 6.07) is 2.13. The highest BCUT2D eigenvalue weighted by Crippen LogP contribution is 2.27. The van der Waals surface area contributed by atoms with E-state index in [9.17, 15) is 0 Å². The second-order valence-electron chi connectivity index (χ2n) is 5.81. The molecular weight excluding hydrogens is 304 g/mol. The predicted octanol–water partition coefficient (Wildman–Crippen LogP) is 3.46. The summed E-state index contributed by atoms with van der Waals surface area (Å²) in [4.78, 5) is 6.74. The molecular formula is C14H21BrN4. The molecule has 0 aromatic carbocycles. The van der Waals surface area contributed by atoms with E-state index in [1.807, 2.05) is 10.7 Å². The molecule has 2 aromatic heterocycles. The first-order valence-electron chi connectivity index (χ1n) is 6.51. The van der Waals surface area contributed by atoms with Crippen LogP contribution in [0.5, 0.6) is 0 Å². The van der Waals surface area contributed by atoms with Gasteiger partial charge in [0.15, 0.2) is 5.82 Å². The van der Waals surface area contributed by atoms with E-state index in [1.54, 1.807) is 6.20 Å². The molecule has 0 aliphatic carbocycles. The maximum atomic E-state index is 4.60. The average Bonchev–Trinajstić information content (AvgIpc) is 2.81. The zero-order valence-corrected chi connectivity index (χ0v) is 13.8. The fourth-order valence-electron chi connectivity index (χ4n) is 1.84. The molecule has 4 nitrogen and oxygen atoms in total. The Morgan fingerprint density at radius 3 is 2.68 bits per heavy atom. The Bertz CT molecular complexity index is 574. The Morgan fingerprint density at radius 1 is 1.42 bits per heavy atom. The third-order valence-corrected chi connectivity index (χ3v) is 4.90. The topological polar surface area (TPSA) is 33.4 Å². The Kier molecular flexibility index (Phi) is 3.85. The van der Waals surface area contributed by atoms with Crippen LogP contribution in [0.2, 0.25) is 0 Å². The van der Waals surface area contributed by atoms with Crippen LogP contribution < -0.4 is 4.90 Å². The van der Waals surface area contributed by atoms with E-state index in [-0.39, 0.29) is 5.54 Å². The number of anilines is 1. The van der Waals surface area contributed by atoms with Crippen LogP contribution in [0.4, 0.5) is 5.82 Å². The number of fused-ring (bicyclic) bond motifs is 1. The first-order valence-corrected chi connectivity index (χ1v) is 7.63. The highest BCUT2D eigenvalue weighted by Gasteiger charge is 2.25. The lowest BCUT2D eigenvalue weighted by atomic mass is 10.1. The van der Waals surface area contributed by atoms with Crippen LogP contribution in [-0.2, 0) is 0 Å². The van der Waals surface area contributed by atoms with Crippen LogP contribution in [0.3, 0.4) is 0 Å². The summed E-state index contributed by atoms with van der Waals surface area (Å²) in [6.45, 7) is 8.68. The molecule has 19 heavy (non-hydrogen) atoms. The van der Waals surface area contributed by atoms with E-state index < -0.39 is 0 Å². The summed E-state index contributed by atoms with van der Waals surface area (Å²) < 4.78 is 1.92. The van der Waals surface area contributed by atoms with Crippen molar-refractivity contribution in [2.45, 2.75) is 39.2 Å². The molecule has 0 saturated heterocycles. The lowest BCUT2D eigenvalue weighted by Gasteiger charge is -2.35. The summed E-state index contributed by atoms with van der Waals surface area (Å²) in [6.07, 6.45) is 3.71. The lowest BCUT2D eigenvalue weighted by molar-refractivity contribution is 0.547. The summed E-state index contributed by atoms with van der Waals surface area (Å²) in [7, 11) is 2.08. The normalized spacial score (nSPS) is 12.4. The Balaban J connectivity index is 2.55. The van der Waals surface area contributed by atoms with Crippen LogP contribution in [0.1, 0.15) is 39.3 Å². The second kappa shape index (κ2) is 5.12. The number of hydrogen-bond acceptors (Lipinski definition) is 3. The Morgan fingerprint density at radius 2 is 2.11 bits per heavy atom. The van der Waals surface area contributed by atoms with Gasteiger partial charge in [0.05, 0.1) is 5.69 Å². The third-order valence-electron chi connectivity index (χ3n) is 3.53. The zero-order valence-electron chi connectivity index (χ0n) is 12.2. The minimum atomic E-state index is -0.00287. The number of rotatable bonds is 4. The molecule has 0 fully saturated rings. The minimum absolute atomic E-state index is 0.00287. The van der Waals surface area contributed by atoms with Gasteiger partial charge in [-0.25, -0.2) is 9.50 Å². The van der Waals surface area contributed by atoms with Gasteiger partial charge in [0.1, 0.15) is 5.52 Å². The van der Waals surface area contributed by atoms with Gasteiger partial charge in [0, 0.05) is 30.3 Å². The van der Waals surface area contributed by atoms with Gasteiger partial charge in [-0.1, -0.05) is 29.8 Å². The molecule has 0 radical (unpaired) electrons. The maximum absolute atomic E-state index is 4.60. The number of nitrogens with zero attached hydrogens (tertiary/aromatic N) is 4. The maximum Gasteiger partial charge on any atom is 0.154 e. The molecule has 2 heterocycles. The van der Waals surface area contributed by atoms with Crippen LogP contribution in [0.15, 0.2) is 18.5 Å². The largest absolute Gasteiger partial charge is 0.352 e. The standard InChI is InChI=1S/C14H21BrN4/c1-10(2)11-8-12-13(16-6-7-19(12)17-11)18(5)14(3,4)9-15/h6-8,10H,9H2,1-5H3. The van der Waals surface area contributed by atoms with Crippen molar-refractivity contribution in [2.75, 3.05) is 17.3 Å². The lowest BCUT2D eigenvalue weighted by Crippen LogP contribution is -2.43.